The summed E-state index contributed by atoms with van der Waals surface area (Å²) in [6.45, 7) is 16.3. The van der Waals surface area contributed by atoms with Crippen molar-refractivity contribution < 1.29 is 32.5 Å². The van der Waals surface area contributed by atoms with Crippen LogP contribution < -0.4 is 34.3 Å². The van der Waals surface area contributed by atoms with Crippen LogP contribution in [0.25, 0.3) is 0 Å². The lowest BCUT2D eigenvalue weighted by atomic mass is 9.83. The van der Waals surface area contributed by atoms with Gasteiger partial charge in [-0.25, -0.2) is 27.6 Å². The number of ether oxygens (including phenoxy) is 3. The Morgan fingerprint density at radius 1 is 0.633 bits per heavy atom. The Labute approximate surface area is 351 Å². The summed E-state index contributed by atoms with van der Waals surface area (Å²) in [7, 11) is 0. The number of rotatable bonds is 9. The summed E-state index contributed by atoms with van der Waals surface area (Å²) >= 11 is 0. The summed E-state index contributed by atoms with van der Waals surface area (Å²) in [5, 5.41) is 9.47. The monoisotopic (exact) mass is 856 g/mol. The van der Waals surface area contributed by atoms with E-state index in [1.807, 2.05) is 34.6 Å². The first-order chi connectivity index (χ1) is 26.8. The molecule has 340 valence electrons. The van der Waals surface area contributed by atoms with Crippen LogP contribution in [-0.2, 0) is 14.2 Å². The molecule has 0 spiro atoms. The number of nitrogens with two attached hydrogens (primary N) is 3. The number of hydrogen-bond acceptors (Lipinski definition) is 13. The molecule has 7 N–H and O–H groups in total. The number of hydrogen-bond donors (Lipinski definition) is 4. The first-order valence-corrected chi connectivity index (χ1v) is 19.1. The van der Waals surface area contributed by atoms with Crippen molar-refractivity contribution in [2.45, 2.75) is 150 Å². The quantitative estimate of drug-likeness (QED) is 0.183. The highest BCUT2D eigenvalue weighted by Crippen LogP contribution is 2.47. The number of halogens is 3. The normalized spacial score (nSPS) is 31.2. The smallest absolute Gasteiger partial charge is 0.351 e. The maximum atomic E-state index is 14.5. The molecule has 0 aliphatic carbocycles. The molecule has 0 saturated carbocycles. The predicted molar refractivity (Wildman–Crippen MR) is 228 cm³/mol. The molecule has 3 fully saturated rings. The molecule has 3 aromatic rings. The summed E-state index contributed by atoms with van der Waals surface area (Å²) in [6.07, 6.45) is 1.35. The zero-order valence-electron chi connectivity index (χ0n) is 33.4. The molecule has 6 heterocycles. The molecule has 0 radical (unpaired) electrons. The minimum atomic E-state index is -1.39. The van der Waals surface area contributed by atoms with Crippen molar-refractivity contribution in [3.05, 3.63) is 80.9 Å². The second-order valence-electron chi connectivity index (χ2n) is 14.7. The minimum absolute atomic E-state index is 0. The van der Waals surface area contributed by atoms with E-state index in [1.165, 1.54) is 41.4 Å². The standard InChI is InChI=1S/C13H20FN3O2.C13H18FN3O2.C12H18FN3O3.3CH4/c2*1-4-13(5-2)8(3)10(14)11(19-13)17-7-6-9(15)16-12(17)18;1-3-12(6-17)7(2)9(13)10(19-12)16-5-4-8(14)15-11(16)18;;;/h6-8,10-11H,4-5H2,1-3H3,(H2,15,16,18);4,6-8,10-11H,1,5H2,2-3H3,(H2,15,16,18);4-5,7,9-10,17H,3,6H2,1-2H3,(H2,14,15,18);3*1H4/t8-,10+,11+;8-,10+,11+,13+;7-,9+,10+,12+;;;/m000.../s1. The number of nitrogen functional groups attached to an aromatic ring is 3. The average Bonchev–Trinajstić information content (AvgIpc) is 3.71. The zero-order valence-corrected chi connectivity index (χ0v) is 33.4. The van der Waals surface area contributed by atoms with Gasteiger partial charge in [0.25, 0.3) is 0 Å². The number of nitrogens with zero attached hydrogens (tertiary/aromatic N) is 6. The largest absolute Gasteiger partial charge is 0.393 e. The van der Waals surface area contributed by atoms with Crippen LogP contribution in [-0.4, -0.2) is 75.7 Å². The zero-order chi connectivity index (χ0) is 42.6. The van der Waals surface area contributed by atoms with Gasteiger partial charge in [0.1, 0.15) is 17.5 Å². The molecule has 19 heteroatoms. The van der Waals surface area contributed by atoms with Crippen LogP contribution in [0, 0.1) is 17.8 Å². The van der Waals surface area contributed by atoms with Gasteiger partial charge in [-0.3, -0.25) is 13.7 Å². The summed E-state index contributed by atoms with van der Waals surface area (Å²) in [5.74, 6) is -0.863. The molecule has 0 aromatic carbocycles. The van der Waals surface area contributed by atoms with E-state index in [-0.39, 0.29) is 58.2 Å². The molecule has 3 aliphatic rings. The third-order valence-electron chi connectivity index (χ3n) is 12.1. The van der Waals surface area contributed by atoms with Crippen LogP contribution in [0.1, 0.15) is 115 Å². The Hall–Kier alpha value is -4.59. The Kier molecular flexibility index (Phi) is 18.9. The van der Waals surface area contributed by atoms with Crippen molar-refractivity contribution in [3.8, 4) is 0 Å². The van der Waals surface area contributed by atoms with Crippen molar-refractivity contribution in [1.82, 2.24) is 28.7 Å². The summed E-state index contributed by atoms with van der Waals surface area (Å²) in [6, 6.07) is 4.33. The number of anilines is 3. The third-order valence-corrected chi connectivity index (χ3v) is 12.1. The number of aliphatic hydroxyl groups is 1. The fraction of sp³-hybridized carbons (Fsp3) is 0.659. The molecule has 0 bridgehead atoms. The Morgan fingerprint density at radius 3 is 1.20 bits per heavy atom. The van der Waals surface area contributed by atoms with Gasteiger partial charge >= 0.3 is 17.1 Å². The first-order valence-electron chi connectivity index (χ1n) is 19.1. The lowest BCUT2D eigenvalue weighted by Gasteiger charge is -2.30. The van der Waals surface area contributed by atoms with Gasteiger partial charge in [0.05, 0.1) is 23.4 Å². The maximum absolute atomic E-state index is 14.5. The molecule has 3 aromatic heterocycles. The highest BCUT2D eigenvalue weighted by atomic mass is 19.1. The van der Waals surface area contributed by atoms with Gasteiger partial charge in [-0.2, -0.15) is 15.0 Å². The van der Waals surface area contributed by atoms with Gasteiger partial charge in [-0.1, -0.05) is 76.8 Å². The molecule has 0 unspecified atom stereocenters. The van der Waals surface area contributed by atoms with Crippen LogP contribution >= 0.6 is 0 Å². The van der Waals surface area contributed by atoms with E-state index in [9.17, 15) is 32.7 Å². The molecule has 0 amide bonds. The number of aliphatic hydroxyl groups excluding tert-OH is 1. The molecule has 6 rings (SSSR count). The Bertz CT molecular complexity index is 1930. The fourth-order valence-corrected chi connectivity index (χ4v) is 7.85. The molecule has 60 heavy (non-hydrogen) atoms. The third kappa shape index (κ3) is 9.95. The molecule has 3 saturated heterocycles. The van der Waals surface area contributed by atoms with Crippen molar-refractivity contribution in [2.75, 3.05) is 23.8 Å². The van der Waals surface area contributed by atoms with Crippen LogP contribution in [0.5, 0.6) is 0 Å². The van der Waals surface area contributed by atoms with E-state index < -0.39 is 77.0 Å². The molecular formula is C41H68F3N9O7. The number of aromatic nitrogens is 6. The Morgan fingerprint density at radius 2 is 0.950 bits per heavy atom. The van der Waals surface area contributed by atoms with E-state index in [4.69, 9.17) is 31.4 Å². The maximum Gasteiger partial charge on any atom is 0.351 e. The van der Waals surface area contributed by atoms with E-state index >= 15 is 0 Å². The molecule has 16 nitrogen and oxygen atoms in total. The van der Waals surface area contributed by atoms with Gasteiger partial charge in [0.15, 0.2) is 37.2 Å². The average molecular weight is 856 g/mol. The summed E-state index contributed by atoms with van der Waals surface area (Å²) in [4.78, 5) is 46.0. The van der Waals surface area contributed by atoms with Gasteiger partial charge < -0.3 is 36.5 Å². The van der Waals surface area contributed by atoms with Gasteiger partial charge in [0.2, 0.25) is 0 Å². The first kappa shape index (κ1) is 53.4. The predicted octanol–water partition coefficient (Wildman–Crippen LogP) is 5.93. The van der Waals surface area contributed by atoms with E-state index in [2.05, 4.69) is 21.5 Å². The summed E-state index contributed by atoms with van der Waals surface area (Å²) < 4.78 is 63.9. The van der Waals surface area contributed by atoms with Crippen LogP contribution in [0.3, 0.4) is 0 Å². The van der Waals surface area contributed by atoms with Crippen molar-refractivity contribution in [3.63, 3.8) is 0 Å². The van der Waals surface area contributed by atoms with Crippen molar-refractivity contribution in [2.24, 2.45) is 17.8 Å². The molecular weight excluding hydrogens is 788 g/mol. The second-order valence-corrected chi connectivity index (χ2v) is 14.7. The minimum Gasteiger partial charge on any atom is -0.393 e. The lowest BCUT2D eigenvalue weighted by molar-refractivity contribution is -0.115. The van der Waals surface area contributed by atoms with E-state index in [0.29, 0.717) is 25.7 Å². The number of alkyl halides is 3. The van der Waals surface area contributed by atoms with Crippen LogP contribution in [0.2, 0.25) is 0 Å². The molecule has 11 atom stereocenters. The van der Waals surface area contributed by atoms with Crippen LogP contribution in [0.15, 0.2) is 63.8 Å². The lowest BCUT2D eigenvalue weighted by Crippen LogP contribution is -2.39. The van der Waals surface area contributed by atoms with Gasteiger partial charge in [-0.05, 0) is 43.9 Å². The van der Waals surface area contributed by atoms with E-state index in [1.54, 1.807) is 19.9 Å². The van der Waals surface area contributed by atoms with Gasteiger partial charge in [0, 0.05) is 36.3 Å². The van der Waals surface area contributed by atoms with Gasteiger partial charge in [-0.15, -0.1) is 6.58 Å². The summed E-state index contributed by atoms with van der Waals surface area (Å²) in [5.41, 5.74) is 12.1. The van der Waals surface area contributed by atoms with E-state index in [0.717, 1.165) is 9.13 Å². The highest BCUT2D eigenvalue weighted by molar-refractivity contribution is 5.25. The van der Waals surface area contributed by atoms with Crippen LogP contribution in [0.4, 0.5) is 30.6 Å². The fourth-order valence-electron chi connectivity index (χ4n) is 7.85. The topological polar surface area (TPSA) is 231 Å². The Balaban J connectivity index is 0.000000439. The highest BCUT2D eigenvalue weighted by Gasteiger charge is 2.54. The molecule has 3 aliphatic heterocycles. The SMILES string of the molecule is C.C.C.C=C[C@]1(CC)O[C@@H](n2ccc(N)nc2=O)[C@H](F)[C@@H]1C.CCC1(CC)O[C@@H](n2ccc(N)nc2=O)[C@H](F)[C@@H]1C.CC[C@]1(CO)O[C@@H](n2ccc(N)nc2=O)[C@H](F)[C@@H]1C. The van der Waals surface area contributed by atoms with Crippen molar-refractivity contribution >= 4 is 17.5 Å². The second kappa shape index (κ2) is 21.3. The van der Waals surface area contributed by atoms with Crippen molar-refractivity contribution in [1.29, 1.82) is 0 Å².